The van der Waals surface area contributed by atoms with E-state index >= 15 is 0 Å². The number of ketones is 1. The van der Waals surface area contributed by atoms with Crippen LogP contribution in [0.2, 0.25) is 0 Å². The maximum atomic E-state index is 12.5. The predicted molar refractivity (Wildman–Crippen MR) is 83.7 cm³/mol. The molecule has 2 aliphatic heterocycles. The van der Waals surface area contributed by atoms with E-state index in [1.54, 1.807) is 13.8 Å². The summed E-state index contributed by atoms with van der Waals surface area (Å²) in [5.74, 6) is -0.908. The number of thiophene rings is 1. The molecule has 2 atom stereocenters. The Morgan fingerprint density at radius 2 is 2.16 bits per heavy atom. The molecule has 3 heterocycles. The van der Waals surface area contributed by atoms with E-state index in [1.807, 2.05) is 0 Å². The van der Waals surface area contributed by atoms with Crippen LogP contribution in [-0.2, 0) is 4.79 Å². The average molecular weight is 377 g/mol. The zero-order valence-electron chi connectivity index (χ0n) is 13.7. The number of aliphatic hydroxyl groups is 1. The first kappa shape index (κ1) is 18.2. The Balaban J connectivity index is 1.99. The molecule has 0 radical (unpaired) electrons. The van der Waals surface area contributed by atoms with Crippen molar-refractivity contribution in [3.63, 3.8) is 0 Å². The predicted octanol–water partition coefficient (Wildman–Crippen LogP) is 3.08. The van der Waals surface area contributed by atoms with Crippen LogP contribution in [0.1, 0.15) is 53.7 Å². The molecule has 9 heteroatoms. The summed E-state index contributed by atoms with van der Waals surface area (Å²) in [5.41, 5.74) is -1.04. The minimum Gasteiger partial charge on any atom is -0.484 e. The van der Waals surface area contributed by atoms with Crippen LogP contribution in [-0.4, -0.2) is 46.1 Å². The number of halogens is 3. The second-order valence-electron chi connectivity index (χ2n) is 6.84. The SMILES string of the molecule is CC1(C)Oc2cc(C(=O)CC(F)(F)F)sc2C(N2CCCC2=O)C1O. The van der Waals surface area contributed by atoms with E-state index < -0.39 is 36.1 Å². The molecule has 0 aliphatic carbocycles. The van der Waals surface area contributed by atoms with Crippen LogP contribution >= 0.6 is 11.3 Å². The Morgan fingerprint density at radius 3 is 2.72 bits per heavy atom. The number of likely N-dealkylation sites (tertiary alicyclic amines) is 1. The van der Waals surface area contributed by atoms with Crippen LogP contribution in [0.5, 0.6) is 5.75 Å². The second-order valence-corrected chi connectivity index (χ2v) is 7.92. The molecule has 0 spiro atoms. The number of alkyl halides is 3. The normalized spacial score (nSPS) is 25.7. The highest BCUT2D eigenvalue weighted by molar-refractivity contribution is 7.14. The van der Waals surface area contributed by atoms with Gasteiger partial charge in [-0.1, -0.05) is 0 Å². The quantitative estimate of drug-likeness (QED) is 0.822. The van der Waals surface area contributed by atoms with Crippen LogP contribution in [0.4, 0.5) is 13.2 Å². The van der Waals surface area contributed by atoms with Crippen LogP contribution in [0.25, 0.3) is 0 Å². The van der Waals surface area contributed by atoms with Gasteiger partial charge in [-0.3, -0.25) is 9.59 Å². The molecule has 1 aromatic rings. The van der Waals surface area contributed by atoms with Gasteiger partial charge in [0.15, 0.2) is 5.78 Å². The van der Waals surface area contributed by atoms with Gasteiger partial charge < -0.3 is 14.7 Å². The summed E-state index contributed by atoms with van der Waals surface area (Å²) in [7, 11) is 0. The number of ether oxygens (including phenoxy) is 1. The maximum Gasteiger partial charge on any atom is 0.396 e. The third kappa shape index (κ3) is 3.39. The minimum atomic E-state index is -4.59. The van der Waals surface area contributed by atoms with Gasteiger partial charge in [-0.2, -0.15) is 13.2 Å². The molecule has 2 unspecified atom stereocenters. The van der Waals surface area contributed by atoms with Gasteiger partial charge >= 0.3 is 6.18 Å². The van der Waals surface area contributed by atoms with Crippen molar-refractivity contribution < 1.29 is 32.6 Å². The summed E-state index contributed by atoms with van der Waals surface area (Å²) in [6.07, 6.45) is -6.17. The van der Waals surface area contributed by atoms with Gasteiger partial charge in [0.25, 0.3) is 0 Å². The lowest BCUT2D eigenvalue weighted by atomic mass is 9.90. The standard InChI is InChI=1S/C16H18F3NO4S/c1-15(2)14(23)12(20-5-3-4-11(20)22)13-9(24-15)6-10(25-13)8(21)7-16(17,18)19/h6,12,14,23H,3-5,7H2,1-2H3. The van der Waals surface area contributed by atoms with Gasteiger partial charge in [0.1, 0.15) is 23.9 Å². The van der Waals surface area contributed by atoms with Crippen LogP contribution < -0.4 is 4.74 Å². The van der Waals surface area contributed by atoms with E-state index in [2.05, 4.69) is 0 Å². The number of fused-ring (bicyclic) bond motifs is 1. The molecule has 138 valence electrons. The monoisotopic (exact) mass is 377 g/mol. The van der Waals surface area contributed by atoms with E-state index in [1.165, 1.54) is 11.0 Å². The van der Waals surface area contributed by atoms with Crippen molar-refractivity contribution in [1.82, 2.24) is 4.90 Å². The molecule has 1 aromatic heterocycles. The van der Waals surface area contributed by atoms with Crippen molar-refractivity contribution in [1.29, 1.82) is 0 Å². The number of aliphatic hydroxyl groups excluding tert-OH is 1. The van der Waals surface area contributed by atoms with Crippen LogP contribution in [0, 0.1) is 0 Å². The fraction of sp³-hybridized carbons (Fsp3) is 0.625. The molecular weight excluding hydrogens is 359 g/mol. The average Bonchev–Trinajstić information content (AvgIpc) is 3.04. The van der Waals surface area contributed by atoms with Crippen molar-refractivity contribution in [2.45, 2.75) is 57.0 Å². The smallest absolute Gasteiger partial charge is 0.396 e. The third-order valence-corrected chi connectivity index (χ3v) is 5.69. The largest absolute Gasteiger partial charge is 0.484 e. The number of amides is 1. The first-order valence-electron chi connectivity index (χ1n) is 7.90. The Morgan fingerprint density at radius 1 is 1.48 bits per heavy atom. The summed E-state index contributed by atoms with van der Waals surface area (Å²) in [5, 5.41) is 10.7. The maximum absolute atomic E-state index is 12.5. The number of hydrogen-bond donors (Lipinski definition) is 1. The van der Waals surface area contributed by atoms with Gasteiger partial charge in [-0.05, 0) is 20.3 Å². The van der Waals surface area contributed by atoms with Gasteiger partial charge in [0.2, 0.25) is 5.91 Å². The van der Waals surface area contributed by atoms with Crippen LogP contribution in [0.3, 0.4) is 0 Å². The van der Waals surface area contributed by atoms with E-state index in [0.717, 1.165) is 11.3 Å². The number of Topliss-reactive ketones (excluding diaryl/α,β-unsaturated/α-hetero) is 1. The number of nitrogens with zero attached hydrogens (tertiary/aromatic N) is 1. The fourth-order valence-corrected chi connectivity index (χ4v) is 4.39. The lowest BCUT2D eigenvalue weighted by molar-refractivity contribution is -0.139. The summed E-state index contributed by atoms with van der Waals surface area (Å²) in [6.45, 7) is 3.74. The Labute approximate surface area is 146 Å². The fourth-order valence-electron chi connectivity index (χ4n) is 3.22. The van der Waals surface area contributed by atoms with E-state index in [4.69, 9.17) is 4.74 Å². The Kier molecular flexibility index (Phi) is 4.35. The van der Waals surface area contributed by atoms with Crippen molar-refractivity contribution in [3.8, 4) is 5.75 Å². The first-order valence-corrected chi connectivity index (χ1v) is 8.71. The van der Waals surface area contributed by atoms with Gasteiger partial charge in [0.05, 0.1) is 15.8 Å². The number of hydrogen-bond acceptors (Lipinski definition) is 5. The molecule has 0 saturated carbocycles. The van der Waals surface area contributed by atoms with Gasteiger partial charge in [-0.25, -0.2) is 0 Å². The van der Waals surface area contributed by atoms with E-state index in [0.29, 0.717) is 24.3 Å². The highest BCUT2D eigenvalue weighted by Crippen LogP contribution is 2.48. The summed E-state index contributed by atoms with van der Waals surface area (Å²) in [4.78, 5) is 25.9. The molecular formula is C16H18F3NO4S. The first-order chi connectivity index (χ1) is 11.5. The molecule has 1 amide bonds. The minimum absolute atomic E-state index is 0.0797. The third-order valence-electron chi connectivity index (χ3n) is 4.46. The summed E-state index contributed by atoms with van der Waals surface area (Å²) in [6, 6.07) is 0.570. The number of carbonyl (C=O) groups excluding carboxylic acids is 2. The molecule has 1 saturated heterocycles. The van der Waals surface area contributed by atoms with Crippen molar-refractivity contribution in [2.24, 2.45) is 0 Å². The summed E-state index contributed by atoms with van der Waals surface area (Å²) >= 11 is 0.857. The topological polar surface area (TPSA) is 66.8 Å². The molecule has 0 bridgehead atoms. The van der Waals surface area contributed by atoms with Crippen molar-refractivity contribution in [2.75, 3.05) is 6.54 Å². The zero-order valence-corrected chi connectivity index (χ0v) is 14.5. The molecule has 25 heavy (non-hydrogen) atoms. The van der Waals surface area contributed by atoms with Gasteiger partial charge in [0, 0.05) is 19.0 Å². The lowest BCUT2D eigenvalue weighted by Gasteiger charge is -2.43. The highest BCUT2D eigenvalue weighted by atomic mass is 32.1. The second kappa shape index (κ2) is 5.98. The molecule has 0 aromatic carbocycles. The molecule has 2 aliphatic rings. The lowest BCUT2D eigenvalue weighted by Crippen LogP contribution is -2.53. The molecule has 5 nitrogen and oxygen atoms in total. The molecule has 3 rings (SSSR count). The zero-order chi connectivity index (χ0) is 18.6. The van der Waals surface area contributed by atoms with Crippen molar-refractivity contribution >= 4 is 23.0 Å². The number of rotatable bonds is 3. The molecule has 1 fully saturated rings. The number of carbonyl (C=O) groups is 2. The van der Waals surface area contributed by atoms with E-state index in [9.17, 15) is 27.9 Å². The van der Waals surface area contributed by atoms with Gasteiger partial charge in [-0.15, -0.1) is 11.3 Å². The highest BCUT2D eigenvalue weighted by Gasteiger charge is 2.49. The Bertz CT molecular complexity index is 713. The van der Waals surface area contributed by atoms with Crippen LogP contribution in [0.15, 0.2) is 6.07 Å². The van der Waals surface area contributed by atoms with E-state index in [-0.39, 0.29) is 16.5 Å². The summed E-state index contributed by atoms with van der Waals surface area (Å²) < 4.78 is 43.2. The molecule has 1 N–H and O–H groups in total. The Hall–Kier alpha value is -1.61. The van der Waals surface area contributed by atoms with Crippen molar-refractivity contribution in [3.05, 3.63) is 15.8 Å².